The normalized spacial score (nSPS) is 20.5. The van der Waals surface area contributed by atoms with Gasteiger partial charge in [-0.2, -0.15) is 0 Å². The Morgan fingerprint density at radius 3 is 2.87 bits per heavy atom. The van der Waals surface area contributed by atoms with Crippen molar-refractivity contribution < 1.29 is 4.92 Å². The maximum atomic E-state index is 10.6. The smallest absolute Gasteiger partial charge is 0.270 e. The Morgan fingerprint density at radius 1 is 1.53 bits per heavy atom. The molecule has 1 aromatic carbocycles. The van der Waals surface area contributed by atoms with Gasteiger partial charge in [-0.05, 0) is 31.0 Å². The maximum Gasteiger partial charge on any atom is 0.270 e. The summed E-state index contributed by atoms with van der Waals surface area (Å²) in [6.45, 7) is 1.02. The predicted octanol–water partition coefficient (Wildman–Crippen LogP) is 2.78. The lowest BCUT2D eigenvalue weighted by molar-refractivity contribution is -0.384. The second-order valence-corrected chi connectivity index (χ2v) is 4.47. The van der Waals surface area contributed by atoms with Crippen LogP contribution in [0.15, 0.2) is 22.7 Å². The molecule has 0 spiro atoms. The zero-order valence-electron chi connectivity index (χ0n) is 8.07. The average molecular weight is 271 g/mol. The molecule has 0 amide bonds. The number of nitrogens with zero attached hydrogens (tertiary/aromatic N) is 1. The van der Waals surface area contributed by atoms with E-state index in [1.165, 1.54) is 0 Å². The van der Waals surface area contributed by atoms with Gasteiger partial charge in [-0.15, -0.1) is 0 Å². The van der Waals surface area contributed by atoms with Crippen LogP contribution in [0.5, 0.6) is 0 Å². The van der Waals surface area contributed by atoms with Crippen molar-refractivity contribution in [3.63, 3.8) is 0 Å². The molecule has 2 rings (SSSR count). The quantitative estimate of drug-likeness (QED) is 0.664. The molecule has 0 bridgehead atoms. The largest absolute Gasteiger partial charge is 0.310 e. The molecule has 1 aliphatic rings. The van der Waals surface area contributed by atoms with E-state index < -0.39 is 0 Å². The number of nitrogens with one attached hydrogen (secondary N) is 1. The molecular weight excluding hydrogens is 260 g/mol. The summed E-state index contributed by atoms with van der Waals surface area (Å²) in [5.74, 6) is 0. The highest BCUT2D eigenvalue weighted by atomic mass is 79.9. The summed E-state index contributed by atoms with van der Waals surface area (Å²) in [6, 6.07) is 5.28. The third-order valence-corrected chi connectivity index (χ3v) is 3.32. The molecule has 0 saturated carbocycles. The van der Waals surface area contributed by atoms with Gasteiger partial charge in [0.05, 0.1) is 4.92 Å². The van der Waals surface area contributed by atoms with Gasteiger partial charge in [0.25, 0.3) is 5.69 Å². The minimum Gasteiger partial charge on any atom is -0.310 e. The molecule has 1 saturated heterocycles. The van der Waals surface area contributed by atoms with E-state index in [4.69, 9.17) is 0 Å². The van der Waals surface area contributed by atoms with Crippen molar-refractivity contribution in [3.05, 3.63) is 38.3 Å². The number of nitro benzene ring substituents is 1. The fourth-order valence-corrected chi connectivity index (χ4v) is 2.51. The Balaban J connectivity index is 2.29. The van der Waals surface area contributed by atoms with Crippen molar-refractivity contribution >= 4 is 21.6 Å². The summed E-state index contributed by atoms with van der Waals surface area (Å²) < 4.78 is 0.816. The molecule has 0 aromatic heterocycles. The van der Waals surface area contributed by atoms with Gasteiger partial charge in [-0.3, -0.25) is 10.1 Å². The zero-order chi connectivity index (χ0) is 10.8. The Morgan fingerprint density at radius 2 is 2.33 bits per heavy atom. The van der Waals surface area contributed by atoms with E-state index in [2.05, 4.69) is 21.2 Å². The number of benzene rings is 1. The van der Waals surface area contributed by atoms with E-state index in [-0.39, 0.29) is 10.6 Å². The van der Waals surface area contributed by atoms with Crippen LogP contribution >= 0.6 is 15.9 Å². The first-order valence-corrected chi connectivity index (χ1v) is 5.65. The molecule has 80 valence electrons. The lowest BCUT2D eigenvalue weighted by Gasteiger charge is -2.12. The topological polar surface area (TPSA) is 55.2 Å². The number of rotatable bonds is 2. The number of hydrogen-bond donors (Lipinski definition) is 1. The maximum absolute atomic E-state index is 10.6. The standard InChI is InChI=1S/C10H11BrN2O2/c11-9-6-7(13(14)15)3-4-8(9)10-2-1-5-12-10/h3-4,6,10,12H,1-2,5H2. The van der Waals surface area contributed by atoms with Gasteiger partial charge in [0, 0.05) is 22.6 Å². The van der Waals surface area contributed by atoms with Crippen LogP contribution < -0.4 is 5.32 Å². The number of nitro groups is 1. The van der Waals surface area contributed by atoms with Gasteiger partial charge in [0.15, 0.2) is 0 Å². The van der Waals surface area contributed by atoms with Gasteiger partial charge in [-0.1, -0.05) is 15.9 Å². The Kier molecular flexibility index (Phi) is 3.02. The molecule has 1 unspecified atom stereocenters. The third-order valence-electron chi connectivity index (χ3n) is 2.63. The molecule has 5 heteroatoms. The number of halogens is 1. The molecule has 1 N–H and O–H groups in total. The highest BCUT2D eigenvalue weighted by molar-refractivity contribution is 9.10. The van der Waals surface area contributed by atoms with Crippen molar-refractivity contribution in [1.29, 1.82) is 0 Å². The average Bonchev–Trinajstić information content (AvgIpc) is 2.70. The molecule has 1 atom stereocenters. The first-order chi connectivity index (χ1) is 7.18. The highest BCUT2D eigenvalue weighted by Crippen LogP contribution is 2.31. The van der Waals surface area contributed by atoms with E-state index in [0.29, 0.717) is 6.04 Å². The zero-order valence-corrected chi connectivity index (χ0v) is 9.66. The molecule has 1 heterocycles. The molecule has 1 fully saturated rings. The van der Waals surface area contributed by atoms with Crippen LogP contribution in [0.1, 0.15) is 24.4 Å². The minimum absolute atomic E-state index is 0.128. The lowest BCUT2D eigenvalue weighted by atomic mass is 10.1. The van der Waals surface area contributed by atoms with Crippen LogP contribution in [0.2, 0.25) is 0 Å². The molecule has 0 radical (unpaired) electrons. The van der Waals surface area contributed by atoms with Crippen LogP contribution in [0.4, 0.5) is 5.69 Å². The van der Waals surface area contributed by atoms with Crippen molar-refractivity contribution in [2.24, 2.45) is 0 Å². The van der Waals surface area contributed by atoms with Crippen molar-refractivity contribution in [2.45, 2.75) is 18.9 Å². The number of non-ortho nitro benzene ring substituents is 1. The fraction of sp³-hybridized carbons (Fsp3) is 0.400. The van der Waals surface area contributed by atoms with Crippen LogP contribution in [-0.4, -0.2) is 11.5 Å². The van der Waals surface area contributed by atoms with E-state index in [9.17, 15) is 10.1 Å². The van der Waals surface area contributed by atoms with Crippen molar-refractivity contribution in [1.82, 2.24) is 5.32 Å². The van der Waals surface area contributed by atoms with Crippen molar-refractivity contribution in [3.8, 4) is 0 Å². The summed E-state index contributed by atoms with van der Waals surface area (Å²) in [6.07, 6.45) is 2.25. The van der Waals surface area contributed by atoms with Gasteiger partial charge in [0.2, 0.25) is 0 Å². The SMILES string of the molecule is O=[N+]([O-])c1ccc(C2CCCN2)c(Br)c1. The van der Waals surface area contributed by atoms with E-state index >= 15 is 0 Å². The Hall–Kier alpha value is -0.940. The Labute approximate surface area is 96.0 Å². The lowest BCUT2D eigenvalue weighted by Crippen LogP contribution is -2.13. The van der Waals surface area contributed by atoms with Crippen molar-refractivity contribution in [2.75, 3.05) is 6.54 Å². The molecule has 15 heavy (non-hydrogen) atoms. The van der Waals surface area contributed by atoms with Crippen LogP contribution in [0.25, 0.3) is 0 Å². The fourth-order valence-electron chi connectivity index (χ4n) is 1.86. The van der Waals surface area contributed by atoms with E-state index in [0.717, 1.165) is 29.4 Å². The minimum atomic E-state index is -0.378. The Bertz CT molecular complexity index is 389. The molecule has 4 nitrogen and oxygen atoms in total. The first kappa shape index (κ1) is 10.6. The monoisotopic (exact) mass is 270 g/mol. The summed E-state index contributed by atoms with van der Waals surface area (Å²) in [7, 11) is 0. The van der Waals surface area contributed by atoms with E-state index in [1.54, 1.807) is 12.1 Å². The van der Waals surface area contributed by atoms with Gasteiger partial charge in [0.1, 0.15) is 0 Å². The summed E-state index contributed by atoms with van der Waals surface area (Å²) in [5, 5.41) is 13.9. The van der Waals surface area contributed by atoms with Crippen LogP contribution in [0.3, 0.4) is 0 Å². The molecule has 1 aromatic rings. The summed E-state index contributed by atoms with van der Waals surface area (Å²) >= 11 is 3.38. The second kappa shape index (κ2) is 4.28. The van der Waals surface area contributed by atoms with E-state index in [1.807, 2.05) is 6.07 Å². The third kappa shape index (κ3) is 2.18. The van der Waals surface area contributed by atoms with Gasteiger partial charge in [-0.25, -0.2) is 0 Å². The second-order valence-electron chi connectivity index (χ2n) is 3.61. The molecular formula is C10H11BrN2O2. The highest BCUT2D eigenvalue weighted by Gasteiger charge is 2.19. The molecule has 0 aliphatic carbocycles. The summed E-state index contributed by atoms with van der Waals surface area (Å²) in [5.41, 5.74) is 1.24. The van der Waals surface area contributed by atoms with Crippen LogP contribution in [-0.2, 0) is 0 Å². The predicted molar refractivity (Wildman–Crippen MR) is 60.8 cm³/mol. The summed E-state index contributed by atoms with van der Waals surface area (Å²) in [4.78, 5) is 10.2. The van der Waals surface area contributed by atoms with Crippen LogP contribution in [0, 0.1) is 10.1 Å². The first-order valence-electron chi connectivity index (χ1n) is 4.85. The van der Waals surface area contributed by atoms with Gasteiger partial charge < -0.3 is 5.32 Å². The van der Waals surface area contributed by atoms with Gasteiger partial charge >= 0.3 is 0 Å². The number of hydrogen-bond acceptors (Lipinski definition) is 3. The molecule has 1 aliphatic heterocycles.